The summed E-state index contributed by atoms with van der Waals surface area (Å²) >= 11 is 0. The summed E-state index contributed by atoms with van der Waals surface area (Å²) in [6, 6.07) is 23.5. The molecule has 4 saturated carbocycles. The second-order valence-corrected chi connectivity index (χ2v) is 21.0. The molecule has 4 N–H and O–H groups in total. The van der Waals surface area contributed by atoms with E-state index in [1.165, 1.54) is 55.0 Å². The molecule has 2 saturated heterocycles. The SMILES string of the molecule is CC(C)(C)P(CC1C(C(P)(C2CNCCN2)C2CNCCN2)=CC(c2ccccc2)=C1c1ccccc1)C1C2CC3CC(C2)CC1C3. The highest BCUT2D eigenvalue weighted by Gasteiger charge is 2.55. The molecule has 9 rings (SSSR count). The van der Waals surface area contributed by atoms with Crippen LogP contribution in [0.3, 0.4) is 0 Å². The molecule has 0 radical (unpaired) electrons. The summed E-state index contributed by atoms with van der Waals surface area (Å²) in [5.74, 6) is 4.34. The first-order chi connectivity index (χ1) is 22.8. The van der Waals surface area contributed by atoms with Crippen LogP contribution >= 0.6 is 17.2 Å². The van der Waals surface area contributed by atoms with E-state index in [0.717, 1.165) is 68.6 Å². The molecule has 47 heavy (non-hydrogen) atoms. The molecule has 0 spiro atoms. The Kier molecular flexibility index (Phi) is 9.35. The summed E-state index contributed by atoms with van der Waals surface area (Å²) in [6.45, 7) is 13.9. The normalized spacial score (nSPS) is 35.9. The molecular weight excluding hydrogens is 610 g/mol. The highest BCUT2D eigenvalue weighted by molar-refractivity contribution is 7.60. The Morgan fingerprint density at radius 1 is 0.702 bits per heavy atom. The third kappa shape index (κ3) is 6.17. The van der Waals surface area contributed by atoms with Crippen LogP contribution in [-0.2, 0) is 0 Å². The fourth-order valence-corrected chi connectivity index (χ4v) is 15.9. The molecule has 5 atom stereocenters. The van der Waals surface area contributed by atoms with Crippen molar-refractivity contribution >= 4 is 28.3 Å². The summed E-state index contributed by atoms with van der Waals surface area (Å²) in [7, 11) is 3.31. The van der Waals surface area contributed by atoms with Crippen molar-refractivity contribution in [3.63, 3.8) is 0 Å². The highest BCUT2D eigenvalue weighted by Crippen LogP contribution is 2.69. The first kappa shape index (κ1) is 32.8. The summed E-state index contributed by atoms with van der Waals surface area (Å²) in [4.78, 5) is 0. The van der Waals surface area contributed by atoms with Crippen molar-refractivity contribution in [3.8, 4) is 0 Å². The number of piperazine rings is 2. The fourth-order valence-electron chi connectivity index (χ4n) is 11.2. The molecule has 5 unspecified atom stereocenters. The highest BCUT2D eigenvalue weighted by atomic mass is 31.1. The van der Waals surface area contributed by atoms with Crippen molar-refractivity contribution in [2.24, 2.45) is 29.6 Å². The van der Waals surface area contributed by atoms with Crippen molar-refractivity contribution in [1.29, 1.82) is 0 Å². The number of rotatable bonds is 8. The Labute approximate surface area is 288 Å². The van der Waals surface area contributed by atoms with Gasteiger partial charge in [-0.05, 0) is 101 Å². The van der Waals surface area contributed by atoms with Crippen LogP contribution in [0.25, 0.3) is 11.1 Å². The van der Waals surface area contributed by atoms with Crippen molar-refractivity contribution in [2.75, 3.05) is 45.4 Å². The molecule has 4 bridgehead atoms. The van der Waals surface area contributed by atoms with E-state index in [0.29, 0.717) is 23.2 Å². The topological polar surface area (TPSA) is 48.1 Å². The van der Waals surface area contributed by atoms with Gasteiger partial charge in [0.15, 0.2) is 0 Å². The van der Waals surface area contributed by atoms with Crippen LogP contribution in [0.1, 0.15) is 64.0 Å². The lowest BCUT2D eigenvalue weighted by atomic mass is 9.56. The molecule has 2 aliphatic heterocycles. The van der Waals surface area contributed by atoms with E-state index in [9.17, 15) is 0 Å². The number of hydrogen-bond donors (Lipinski definition) is 4. The smallest absolute Gasteiger partial charge is 0.0395 e. The van der Waals surface area contributed by atoms with Gasteiger partial charge >= 0.3 is 0 Å². The van der Waals surface area contributed by atoms with Gasteiger partial charge in [0, 0.05) is 62.4 Å². The minimum Gasteiger partial charge on any atom is -0.314 e. The van der Waals surface area contributed by atoms with Gasteiger partial charge in [-0.15, -0.1) is 9.24 Å². The van der Waals surface area contributed by atoms with Crippen molar-refractivity contribution < 1.29 is 0 Å². The zero-order chi connectivity index (χ0) is 32.2. The summed E-state index contributed by atoms with van der Waals surface area (Å²) in [5.41, 5.74) is 8.35. The molecule has 6 heteroatoms. The van der Waals surface area contributed by atoms with E-state index in [2.05, 4.69) is 118 Å². The van der Waals surface area contributed by atoms with Gasteiger partial charge in [-0.25, -0.2) is 0 Å². The second-order valence-electron chi connectivity index (χ2n) is 16.8. The average Bonchev–Trinajstić information content (AvgIpc) is 3.48. The molecule has 4 nitrogen and oxygen atoms in total. The van der Waals surface area contributed by atoms with E-state index in [1.807, 2.05) is 0 Å². The molecule has 0 aromatic heterocycles. The van der Waals surface area contributed by atoms with E-state index >= 15 is 0 Å². The van der Waals surface area contributed by atoms with Crippen LogP contribution in [0.2, 0.25) is 0 Å². The van der Waals surface area contributed by atoms with Crippen LogP contribution in [0.5, 0.6) is 0 Å². The molecule has 6 fully saturated rings. The van der Waals surface area contributed by atoms with Gasteiger partial charge in [0.2, 0.25) is 0 Å². The predicted octanol–water partition coefficient (Wildman–Crippen LogP) is 7.00. The zero-order valence-electron chi connectivity index (χ0n) is 29.0. The third-order valence-electron chi connectivity index (χ3n) is 13.0. The molecule has 2 heterocycles. The van der Waals surface area contributed by atoms with Crippen LogP contribution < -0.4 is 21.3 Å². The number of nitrogens with one attached hydrogen (secondary N) is 4. The van der Waals surface area contributed by atoms with Gasteiger partial charge in [-0.1, -0.05) is 95.4 Å². The molecule has 2 aromatic carbocycles. The Hall–Kier alpha value is -1.38. The number of hydrogen-bond acceptors (Lipinski definition) is 4. The van der Waals surface area contributed by atoms with Crippen molar-refractivity contribution in [2.45, 2.75) is 80.9 Å². The predicted molar refractivity (Wildman–Crippen MR) is 205 cm³/mol. The lowest BCUT2D eigenvalue weighted by molar-refractivity contribution is 0.0242. The maximum Gasteiger partial charge on any atom is 0.0395 e. The van der Waals surface area contributed by atoms with Crippen molar-refractivity contribution in [3.05, 3.63) is 83.4 Å². The van der Waals surface area contributed by atoms with E-state index in [4.69, 9.17) is 0 Å². The summed E-state index contributed by atoms with van der Waals surface area (Å²) in [6.07, 6.45) is 11.6. The fraction of sp³-hybridized carbons (Fsp3) is 0.610. The Morgan fingerprint density at radius 2 is 1.23 bits per heavy atom. The van der Waals surface area contributed by atoms with E-state index in [-0.39, 0.29) is 13.1 Å². The Balaban J connectivity index is 1.29. The largest absolute Gasteiger partial charge is 0.314 e. The Bertz CT molecular complexity index is 1410. The number of allylic oxidation sites excluding steroid dienone is 3. The summed E-state index contributed by atoms with van der Waals surface area (Å²) in [5, 5.41) is 15.9. The van der Waals surface area contributed by atoms with Crippen molar-refractivity contribution in [1.82, 2.24) is 21.3 Å². The van der Waals surface area contributed by atoms with Gasteiger partial charge in [-0.2, -0.15) is 0 Å². The second kappa shape index (κ2) is 13.4. The average molecular weight is 669 g/mol. The standard InChI is InChI=1S/C41H58N4P2/c1-40(2,3)47(39-31-19-27-18-28(21-31)22-32(39)20-27)26-34-35(41(46,36-24-42-14-16-44-36)37-25-43-15-17-45-37)23-33(29-10-6-4-7-11-29)38(34)30-12-8-5-9-13-30/h4-13,23,27-28,31-32,34,36-37,39,42-45H,14-22,24-26,46H2,1-3H3. The quantitative estimate of drug-likeness (QED) is 0.229. The van der Waals surface area contributed by atoms with Gasteiger partial charge in [0.05, 0.1) is 0 Å². The van der Waals surface area contributed by atoms with Gasteiger partial charge in [0.1, 0.15) is 0 Å². The monoisotopic (exact) mass is 668 g/mol. The molecule has 252 valence electrons. The first-order valence-corrected chi connectivity index (χ1v) is 21.0. The van der Waals surface area contributed by atoms with Gasteiger partial charge in [-0.3, -0.25) is 0 Å². The van der Waals surface area contributed by atoms with E-state index in [1.54, 1.807) is 11.1 Å². The maximum absolute atomic E-state index is 4.05. The van der Waals surface area contributed by atoms with Crippen LogP contribution in [0.4, 0.5) is 0 Å². The molecular formula is C41H58N4P2. The Morgan fingerprint density at radius 3 is 1.72 bits per heavy atom. The minimum absolute atomic E-state index is 0.134. The van der Waals surface area contributed by atoms with E-state index < -0.39 is 0 Å². The molecule has 7 aliphatic rings. The van der Waals surface area contributed by atoms with Crippen LogP contribution in [0.15, 0.2) is 72.3 Å². The minimum atomic E-state index is -0.233. The molecule has 2 aromatic rings. The van der Waals surface area contributed by atoms with Gasteiger partial charge < -0.3 is 21.3 Å². The molecule has 5 aliphatic carbocycles. The summed E-state index contributed by atoms with van der Waals surface area (Å²) < 4.78 is 0. The van der Waals surface area contributed by atoms with Crippen LogP contribution in [-0.4, -0.2) is 73.5 Å². The third-order valence-corrected chi connectivity index (χ3v) is 18.2. The zero-order valence-corrected chi connectivity index (χ0v) is 31.0. The molecule has 0 amide bonds. The lowest BCUT2D eigenvalue weighted by Gasteiger charge is -2.59. The van der Waals surface area contributed by atoms with Crippen LogP contribution in [0, 0.1) is 29.6 Å². The lowest BCUT2D eigenvalue weighted by Crippen LogP contribution is -2.69. The first-order valence-electron chi connectivity index (χ1n) is 18.8. The maximum atomic E-state index is 4.05. The van der Waals surface area contributed by atoms with Gasteiger partial charge in [0.25, 0.3) is 0 Å². The number of benzene rings is 2.